The molecule has 0 radical (unpaired) electrons. The summed E-state index contributed by atoms with van der Waals surface area (Å²) < 4.78 is 16.8. The van der Waals surface area contributed by atoms with Gasteiger partial charge in [0.2, 0.25) is 0 Å². The molecule has 2 aromatic heterocycles. The number of allylic oxidation sites excluding steroid dienone is 3. The summed E-state index contributed by atoms with van der Waals surface area (Å²) in [7, 11) is 0. The van der Waals surface area contributed by atoms with Crippen molar-refractivity contribution in [2.24, 2.45) is 9.98 Å². The second-order valence-corrected chi connectivity index (χ2v) is 9.18. The SMILES string of the molecule is C=C/C=C\N=C1CC(c2cncc(-c3cnn(C4CCNCC4)c3)c2)=CC(c2cc(Cl)ccc2F)=N1. The highest BCUT2D eigenvalue weighted by molar-refractivity contribution is 6.31. The molecule has 182 valence electrons. The van der Waals surface area contributed by atoms with Crippen LogP contribution in [0.15, 0.2) is 90.0 Å². The maximum atomic E-state index is 14.7. The maximum absolute atomic E-state index is 14.7. The van der Waals surface area contributed by atoms with Gasteiger partial charge in [-0.25, -0.2) is 14.4 Å². The predicted octanol–water partition coefficient (Wildman–Crippen LogP) is 6.04. The van der Waals surface area contributed by atoms with Crippen molar-refractivity contribution in [2.75, 3.05) is 13.1 Å². The van der Waals surface area contributed by atoms with Gasteiger partial charge in [0, 0.05) is 52.9 Å². The molecule has 3 aromatic rings. The number of dihydropyridines is 1. The number of benzene rings is 1. The van der Waals surface area contributed by atoms with E-state index in [9.17, 15) is 4.39 Å². The molecule has 0 amide bonds. The van der Waals surface area contributed by atoms with E-state index in [0.29, 0.717) is 34.6 Å². The summed E-state index contributed by atoms with van der Waals surface area (Å²) in [5.74, 6) is 0.165. The number of aliphatic imine (C=N–C) groups is 2. The maximum Gasteiger partial charge on any atom is 0.133 e. The first kappa shape index (κ1) is 24.0. The van der Waals surface area contributed by atoms with Gasteiger partial charge in [-0.2, -0.15) is 5.10 Å². The third-order valence-corrected chi connectivity index (χ3v) is 6.52. The molecule has 0 saturated carbocycles. The normalized spacial score (nSPS) is 17.9. The molecule has 36 heavy (non-hydrogen) atoms. The fourth-order valence-electron chi connectivity index (χ4n) is 4.41. The largest absolute Gasteiger partial charge is 0.317 e. The van der Waals surface area contributed by atoms with Crippen molar-refractivity contribution in [1.29, 1.82) is 0 Å². The molecule has 8 heteroatoms. The van der Waals surface area contributed by atoms with Crippen molar-refractivity contribution in [2.45, 2.75) is 25.3 Å². The number of hydrogen-bond donors (Lipinski definition) is 1. The van der Waals surface area contributed by atoms with Gasteiger partial charge in [-0.3, -0.25) is 9.67 Å². The van der Waals surface area contributed by atoms with E-state index in [1.165, 1.54) is 12.1 Å². The van der Waals surface area contributed by atoms with E-state index < -0.39 is 5.82 Å². The highest BCUT2D eigenvalue weighted by Crippen LogP contribution is 2.29. The molecule has 0 unspecified atom stereocenters. The van der Waals surface area contributed by atoms with E-state index >= 15 is 0 Å². The molecule has 1 N–H and O–H groups in total. The van der Waals surface area contributed by atoms with Crippen LogP contribution < -0.4 is 5.32 Å². The average molecular weight is 501 g/mol. The topological polar surface area (TPSA) is 67.5 Å². The van der Waals surface area contributed by atoms with Crippen molar-refractivity contribution in [3.05, 3.63) is 102 Å². The van der Waals surface area contributed by atoms with Crippen LogP contribution in [-0.4, -0.2) is 39.4 Å². The van der Waals surface area contributed by atoms with Gasteiger partial charge in [-0.1, -0.05) is 24.3 Å². The minimum atomic E-state index is -0.395. The Morgan fingerprint density at radius 2 is 1.94 bits per heavy atom. The summed E-state index contributed by atoms with van der Waals surface area (Å²) in [6.45, 7) is 5.69. The first-order valence-electron chi connectivity index (χ1n) is 11.9. The van der Waals surface area contributed by atoms with Crippen LogP contribution in [0.25, 0.3) is 16.7 Å². The van der Waals surface area contributed by atoms with Crippen LogP contribution in [0, 0.1) is 5.82 Å². The Bertz CT molecular complexity index is 1390. The van der Waals surface area contributed by atoms with E-state index in [0.717, 1.165) is 48.2 Å². The second-order valence-electron chi connectivity index (χ2n) is 8.74. The van der Waals surface area contributed by atoms with E-state index in [2.05, 4.69) is 48.9 Å². The van der Waals surface area contributed by atoms with Gasteiger partial charge in [0.1, 0.15) is 11.7 Å². The Morgan fingerprint density at radius 1 is 1.11 bits per heavy atom. The van der Waals surface area contributed by atoms with Gasteiger partial charge < -0.3 is 5.32 Å². The van der Waals surface area contributed by atoms with Crippen LogP contribution in [0.5, 0.6) is 0 Å². The fourth-order valence-corrected chi connectivity index (χ4v) is 4.58. The summed E-state index contributed by atoms with van der Waals surface area (Å²) >= 11 is 6.16. The molecule has 4 heterocycles. The number of amidine groups is 1. The molecular weight excluding hydrogens is 475 g/mol. The highest BCUT2D eigenvalue weighted by Gasteiger charge is 2.20. The van der Waals surface area contributed by atoms with E-state index in [1.807, 2.05) is 18.5 Å². The van der Waals surface area contributed by atoms with Crippen LogP contribution >= 0.6 is 11.6 Å². The monoisotopic (exact) mass is 500 g/mol. The standard InChI is InChI=1S/C28H26ClFN6/c1-2-3-8-33-28-13-19(12-27(35-28)25-14-23(29)4-5-26(25)30)20-11-21(16-32-15-20)22-17-34-36(18-22)24-6-9-31-10-7-24/h2-5,8,11-12,14-18,24,31H,1,6-7,9-10,13H2/b8-3-,33-28?. The second kappa shape index (κ2) is 10.9. The molecule has 2 aliphatic heterocycles. The third-order valence-electron chi connectivity index (χ3n) is 6.29. The number of piperidine rings is 1. The summed E-state index contributed by atoms with van der Waals surface area (Å²) in [4.78, 5) is 13.6. The summed E-state index contributed by atoms with van der Waals surface area (Å²) in [6, 6.07) is 6.94. The van der Waals surface area contributed by atoms with Crippen molar-refractivity contribution in [1.82, 2.24) is 20.1 Å². The number of halogens is 2. The summed E-state index contributed by atoms with van der Waals surface area (Å²) in [5, 5.41) is 8.45. The molecule has 2 aliphatic rings. The molecule has 5 rings (SSSR count). The third kappa shape index (κ3) is 5.42. The molecule has 1 fully saturated rings. The number of aromatic nitrogens is 3. The Kier molecular flexibility index (Phi) is 7.30. The van der Waals surface area contributed by atoms with Crippen LogP contribution in [0.3, 0.4) is 0 Å². The smallest absolute Gasteiger partial charge is 0.133 e. The van der Waals surface area contributed by atoms with E-state index in [4.69, 9.17) is 11.6 Å². The molecule has 0 bridgehead atoms. The minimum absolute atomic E-state index is 0.326. The lowest BCUT2D eigenvalue weighted by Gasteiger charge is -2.22. The molecule has 0 aliphatic carbocycles. The Hall–Kier alpha value is -3.68. The minimum Gasteiger partial charge on any atom is -0.317 e. The van der Waals surface area contributed by atoms with Crippen molar-refractivity contribution < 1.29 is 4.39 Å². The Morgan fingerprint density at radius 3 is 2.78 bits per heavy atom. The lowest BCUT2D eigenvalue weighted by molar-refractivity contribution is 0.343. The average Bonchev–Trinajstić information content (AvgIpc) is 3.41. The molecule has 0 atom stereocenters. The number of nitrogens with zero attached hydrogens (tertiary/aromatic N) is 5. The number of rotatable bonds is 6. The molecular formula is C28H26ClFN6. The molecule has 6 nitrogen and oxygen atoms in total. The van der Waals surface area contributed by atoms with E-state index in [1.54, 1.807) is 30.6 Å². The molecule has 1 aromatic carbocycles. The van der Waals surface area contributed by atoms with Crippen LogP contribution in [0.1, 0.15) is 36.4 Å². The first-order valence-corrected chi connectivity index (χ1v) is 12.3. The number of hydrogen-bond acceptors (Lipinski definition) is 4. The van der Waals surface area contributed by atoms with Crippen LogP contribution in [0.2, 0.25) is 5.02 Å². The van der Waals surface area contributed by atoms with Crippen LogP contribution in [-0.2, 0) is 0 Å². The van der Waals surface area contributed by atoms with Crippen molar-refractivity contribution in [3.63, 3.8) is 0 Å². The van der Waals surface area contributed by atoms with Gasteiger partial charge in [0.05, 0.1) is 18.0 Å². The highest BCUT2D eigenvalue weighted by atomic mass is 35.5. The zero-order valence-electron chi connectivity index (χ0n) is 19.7. The zero-order valence-corrected chi connectivity index (χ0v) is 20.5. The van der Waals surface area contributed by atoms with E-state index in [-0.39, 0.29) is 0 Å². The quantitative estimate of drug-likeness (QED) is 0.420. The fraction of sp³-hybridized carbons (Fsp3) is 0.214. The van der Waals surface area contributed by atoms with Gasteiger partial charge in [-0.15, -0.1) is 0 Å². The molecule has 1 saturated heterocycles. The van der Waals surface area contributed by atoms with Crippen LogP contribution in [0.4, 0.5) is 4.39 Å². The first-order chi connectivity index (χ1) is 17.6. The van der Waals surface area contributed by atoms with Crippen molar-refractivity contribution in [3.8, 4) is 11.1 Å². The summed E-state index contributed by atoms with van der Waals surface area (Å²) in [5.41, 5.74) is 4.62. The zero-order chi connectivity index (χ0) is 24.9. The Labute approximate surface area is 214 Å². The van der Waals surface area contributed by atoms with Crippen molar-refractivity contribution >= 4 is 28.7 Å². The van der Waals surface area contributed by atoms with Gasteiger partial charge in [0.25, 0.3) is 0 Å². The lowest BCUT2D eigenvalue weighted by Crippen LogP contribution is -2.29. The van der Waals surface area contributed by atoms with Gasteiger partial charge >= 0.3 is 0 Å². The summed E-state index contributed by atoms with van der Waals surface area (Å²) in [6.07, 6.45) is 17.1. The number of nitrogens with one attached hydrogen (secondary N) is 1. The Balaban J connectivity index is 1.50. The van der Waals surface area contributed by atoms with Gasteiger partial charge in [-0.05, 0) is 73.5 Å². The molecule has 0 spiro atoms. The number of pyridine rings is 1. The predicted molar refractivity (Wildman–Crippen MR) is 144 cm³/mol. The van der Waals surface area contributed by atoms with Gasteiger partial charge in [0.15, 0.2) is 0 Å². The lowest BCUT2D eigenvalue weighted by atomic mass is 9.95.